The highest BCUT2D eigenvalue weighted by Gasteiger charge is 2.30. The SMILES string of the molecule is O=C(c1ccc(C2CCC(OC3CCN(C4CCCC4)CC3)NC2)cc1)N1CCCC1. The van der Waals surface area contributed by atoms with E-state index in [1.165, 1.54) is 57.2 Å². The van der Waals surface area contributed by atoms with E-state index in [0.29, 0.717) is 12.0 Å². The topological polar surface area (TPSA) is 44.8 Å². The summed E-state index contributed by atoms with van der Waals surface area (Å²) in [4.78, 5) is 17.3. The number of hydrogen-bond acceptors (Lipinski definition) is 4. The number of rotatable bonds is 5. The van der Waals surface area contributed by atoms with Gasteiger partial charge in [0, 0.05) is 44.3 Å². The number of ether oxygens (including phenoxy) is 1. The summed E-state index contributed by atoms with van der Waals surface area (Å²) >= 11 is 0. The summed E-state index contributed by atoms with van der Waals surface area (Å²) in [5, 5.41) is 3.65. The molecule has 1 N–H and O–H groups in total. The Labute approximate surface area is 187 Å². The molecule has 1 aromatic rings. The molecule has 0 aromatic heterocycles. The average molecular weight is 426 g/mol. The molecule has 1 aliphatic carbocycles. The number of nitrogens with one attached hydrogen (secondary N) is 1. The molecular weight excluding hydrogens is 386 g/mol. The molecule has 4 fully saturated rings. The van der Waals surface area contributed by atoms with Crippen molar-refractivity contribution in [3.63, 3.8) is 0 Å². The van der Waals surface area contributed by atoms with Crippen molar-refractivity contribution in [2.24, 2.45) is 0 Å². The zero-order chi connectivity index (χ0) is 21.0. The van der Waals surface area contributed by atoms with Gasteiger partial charge in [-0.05, 0) is 75.0 Å². The summed E-state index contributed by atoms with van der Waals surface area (Å²) in [6.07, 6.45) is 13.2. The van der Waals surface area contributed by atoms with Crippen LogP contribution in [0.15, 0.2) is 24.3 Å². The van der Waals surface area contributed by atoms with E-state index in [4.69, 9.17) is 4.74 Å². The van der Waals surface area contributed by atoms with E-state index in [-0.39, 0.29) is 12.1 Å². The van der Waals surface area contributed by atoms with Gasteiger partial charge in [0.05, 0.1) is 6.10 Å². The van der Waals surface area contributed by atoms with Crippen LogP contribution in [0.5, 0.6) is 0 Å². The Hall–Kier alpha value is -1.43. The predicted octanol–water partition coefficient (Wildman–Crippen LogP) is 4.14. The summed E-state index contributed by atoms with van der Waals surface area (Å²) in [6, 6.07) is 9.23. The lowest BCUT2D eigenvalue weighted by atomic mass is 9.90. The normalized spacial score (nSPS) is 29.0. The van der Waals surface area contributed by atoms with Gasteiger partial charge in [0.2, 0.25) is 0 Å². The van der Waals surface area contributed by atoms with Crippen LogP contribution in [0.1, 0.15) is 86.0 Å². The van der Waals surface area contributed by atoms with Crippen molar-refractivity contribution >= 4 is 5.91 Å². The van der Waals surface area contributed by atoms with Crippen LogP contribution < -0.4 is 5.32 Å². The first-order chi connectivity index (χ1) is 15.3. The number of hydrogen-bond donors (Lipinski definition) is 1. The molecule has 5 heteroatoms. The van der Waals surface area contributed by atoms with Crippen molar-refractivity contribution in [1.82, 2.24) is 15.1 Å². The van der Waals surface area contributed by atoms with Crippen LogP contribution in [0.25, 0.3) is 0 Å². The number of carbonyl (C=O) groups is 1. The van der Waals surface area contributed by atoms with Crippen molar-refractivity contribution in [2.75, 3.05) is 32.7 Å². The molecule has 0 radical (unpaired) electrons. The minimum Gasteiger partial charge on any atom is -0.360 e. The number of piperidine rings is 2. The maximum atomic E-state index is 12.6. The number of likely N-dealkylation sites (tertiary alicyclic amines) is 2. The second kappa shape index (κ2) is 10.0. The lowest BCUT2D eigenvalue weighted by molar-refractivity contribution is -0.0717. The van der Waals surface area contributed by atoms with Gasteiger partial charge in [0.25, 0.3) is 5.91 Å². The van der Waals surface area contributed by atoms with Gasteiger partial charge in [-0.1, -0.05) is 25.0 Å². The molecule has 1 aromatic carbocycles. The van der Waals surface area contributed by atoms with E-state index >= 15 is 0 Å². The lowest BCUT2D eigenvalue weighted by Crippen LogP contribution is -2.46. The quantitative estimate of drug-likeness (QED) is 0.770. The summed E-state index contributed by atoms with van der Waals surface area (Å²) in [7, 11) is 0. The fraction of sp³-hybridized carbons (Fsp3) is 0.731. The molecule has 5 rings (SSSR count). The molecule has 3 aliphatic heterocycles. The Balaban J connectivity index is 1.05. The third-order valence-corrected chi connectivity index (χ3v) is 8.07. The number of carbonyl (C=O) groups excluding carboxylic acids is 1. The van der Waals surface area contributed by atoms with E-state index in [0.717, 1.165) is 56.9 Å². The molecule has 4 aliphatic rings. The number of amides is 1. The molecule has 1 saturated carbocycles. The van der Waals surface area contributed by atoms with Crippen molar-refractivity contribution in [1.29, 1.82) is 0 Å². The highest BCUT2D eigenvalue weighted by atomic mass is 16.5. The smallest absolute Gasteiger partial charge is 0.253 e. The lowest BCUT2D eigenvalue weighted by Gasteiger charge is -2.38. The Bertz CT molecular complexity index is 709. The standard InChI is InChI=1S/C26H39N3O2/c30-26(29-15-3-4-16-29)21-9-7-20(8-10-21)22-11-12-25(27-19-22)31-24-13-17-28(18-14-24)23-5-1-2-6-23/h7-10,22-25,27H,1-6,11-19H2. The van der Waals surface area contributed by atoms with Crippen LogP contribution in [0.2, 0.25) is 0 Å². The highest BCUT2D eigenvalue weighted by molar-refractivity contribution is 5.94. The first kappa shape index (κ1) is 21.4. The van der Waals surface area contributed by atoms with Crippen LogP contribution in [0.4, 0.5) is 0 Å². The average Bonchev–Trinajstić information content (AvgIpc) is 3.55. The summed E-state index contributed by atoms with van der Waals surface area (Å²) < 4.78 is 6.45. The molecule has 170 valence electrons. The van der Waals surface area contributed by atoms with E-state index in [9.17, 15) is 4.79 Å². The minimum atomic E-state index is 0.193. The second-order valence-corrected chi connectivity index (χ2v) is 10.1. The van der Waals surface area contributed by atoms with Gasteiger partial charge in [-0.25, -0.2) is 0 Å². The Morgan fingerprint density at radius 2 is 1.55 bits per heavy atom. The van der Waals surface area contributed by atoms with Gasteiger partial charge in [-0.2, -0.15) is 0 Å². The van der Waals surface area contributed by atoms with Crippen LogP contribution in [0.3, 0.4) is 0 Å². The van der Waals surface area contributed by atoms with Crippen LogP contribution in [-0.2, 0) is 4.74 Å². The fourth-order valence-electron chi connectivity index (χ4n) is 6.11. The molecule has 0 spiro atoms. The Morgan fingerprint density at radius 3 is 2.19 bits per heavy atom. The summed E-state index contributed by atoms with van der Waals surface area (Å²) in [5.41, 5.74) is 2.17. The Kier molecular flexibility index (Phi) is 6.92. The first-order valence-electron chi connectivity index (χ1n) is 12.8. The number of nitrogens with zero attached hydrogens (tertiary/aromatic N) is 2. The maximum absolute atomic E-state index is 12.6. The number of benzene rings is 1. The highest BCUT2D eigenvalue weighted by Crippen LogP contribution is 2.30. The van der Waals surface area contributed by atoms with E-state index < -0.39 is 0 Å². The predicted molar refractivity (Wildman–Crippen MR) is 123 cm³/mol. The molecule has 3 saturated heterocycles. The molecule has 5 nitrogen and oxygen atoms in total. The summed E-state index contributed by atoms with van der Waals surface area (Å²) in [6.45, 7) is 5.22. The molecule has 2 atom stereocenters. The van der Waals surface area contributed by atoms with Crippen molar-refractivity contribution in [2.45, 2.75) is 88.5 Å². The molecule has 2 unspecified atom stereocenters. The van der Waals surface area contributed by atoms with E-state index in [1.54, 1.807) is 0 Å². The molecular formula is C26H39N3O2. The third kappa shape index (κ3) is 5.15. The van der Waals surface area contributed by atoms with Gasteiger partial charge in [0.15, 0.2) is 0 Å². The van der Waals surface area contributed by atoms with Crippen molar-refractivity contribution in [3.05, 3.63) is 35.4 Å². The van der Waals surface area contributed by atoms with Crippen molar-refractivity contribution < 1.29 is 9.53 Å². The van der Waals surface area contributed by atoms with Crippen LogP contribution >= 0.6 is 0 Å². The van der Waals surface area contributed by atoms with Crippen LogP contribution in [0, 0.1) is 0 Å². The van der Waals surface area contributed by atoms with Gasteiger partial charge in [0.1, 0.15) is 6.23 Å². The Morgan fingerprint density at radius 1 is 0.839 bits per heavy atom. The van der Waals surface area contributed by atoms with Crippen molar-refractivity contribution in [3.8, 4) is 0 Å². The maximum Gasteiger partial charge on any atom is 0.253 e. The molecule has 3 heterocycles. The first-order valence-corrected chi connectivity index (χ1v) is 12.8. The second-order valence-electron chi connectivity index (χ2n) is 10.1. The van der Waals surface area contributed by atoms with Crippen LogP contribution in [-0.4, -0.2) is 66.8 Å². The van der Waals surface area contributed by atoms with E-state index in [2.05, 4.69) is 22.3 Å². The monoisotopic (exact) mass is 425 g/mol. The molecule has 1 amide bonds. The largest absolute Gasteiger partial charge is 0.360 e. The zero-order valence-electron chi connectivity index (χ0n) is 18.9. The molecule has 0 bridgehead atoms. The minimum absolute atomic E-state index is 0.193. The van der Waals surface area contributed by atoms with E-state index in [1.807, 2.05) is 17.0 Å². The zero-order valence-corrected chi connectivity index (χ0v) is 18.9. The van der Waals surface area contributed by atoms with Gasteiger partial charge < -0.3 is 14.5 Å². The fourth-order valence-corrected chi connectivity index (χ4v) is 6.11. The van der Waals surface area contributed by atoms with Gasteiger partial charge in [-0.15, -0.1) is 0 Å². The third-order valence-electron chi connectivity index (χ3n) is 8.07. The molecule has 31 heavy (non-hydrogen) atoms. The summed E-state index contributed by atoms with van der Waals surface area (Å²) in [5.74, 6) is 0.707. The van der Waals surface area contributed by atoms with Gasteiger partial charge in [-0.3, -0.25) is 10.1 Å². The van der Waals surface area contributed by atoms with Gasteiger partial charge >= 0.3 is 0 Å².